The van der Waals surface area contributed by atoms with E-state index in [0.717, 1.165) is 0 Å². The molecule has 0 saturated carbocycles. The Balaban J connectivity index is 2.27. The maximum Gasteiger partial charge on any atom is 0.257 e. The first-order chi connectivity index (χ1) is 8.69. The molecule has 1 aliphatic rings. The Bertz CT molecular complexity index is 594. The summed E-state index contributed by atoms with van der Waals surface area (Å²) in [4.78, 5) is 20.7. The van der Waals surface area contributed by atoms with E-state index >= 15 is 0 Å². The zero-order valence-electron chi connectivity index (χ0n) is 9.92. The number of amides is 1. The van der Waals surface area contributed by atoms with E-state index in [0.29, 0.717) is 23.5 Å². The summed E-state index contributed by atoms with van der Waals surface area (Å²) < 4.78 is 0. The zero-order valence-corrected chi connectivity index (χ0v) is 9.92. The molecule has 0 fully saturated rings. The number of aliphatic hydroxyl groups is 1. The highest BCUT2D eigenvalue weighted by Gasteiger charge is 2.50. The number of benzene rings is 1. The molecule has 2 heterocycles. The van der Waals surface area contributed by atoms with Crippen molar-refractivity contribution in [1.82, 2.24) is 14.9 Å². The second-order valence-corrected chi connectivity index (χ2v) is 4.20. The second kappa shape index (κ2) is 3.68. The molecular weight excluding hydrogens is 230 g/mol. The maximum absolute atomic E-state index is 12.3. The summed E-state index contributed by atoms with van der Waals surface area (Å²) in [5, 5.41) is 10.9. The number of H-pyrrole nitrogens is 1. The number of hydrogen-bond acceptors (Lipinski definition) is 3. The molecule has 5 nitrogen and oxygen atoms in total. The number of hydrogen-bond donors (Lipinski definition) is 2. The summed E-state index contributed by atoms with van der Waals surface area (Å²) >= 11 is 0. The molecule has 2 aromatic rings. The molecule has 3 rings (SSSR count). The van der Waals surface area contributed by atoms with Gasteiger partial charge in [-0.15, -0.1) is 0 Å². The van der Waals surface area contributed by atoms with Gasteiger partial charge in [-0.3, -0.25) is 4.79 Å². The van der Waals surface area contributed by atoms with E-state index in [1.807, 2.05) is 6.92 Å². The van der Waals surface area contributed by atoms with Crippen molar-refractivity contribution in [3.05, 3.63) is 53.6 Å². The molecule has 1 aliphatic heterocycles. The van der Waals surface area contributed by atoms with Crippen LogP contribution in [0.5, 0.6) is 0 Å². The molecule has 92 valence electrons. The van der Waals surface area contributed by atoms with Crippen LogP contribution in [0, 0.1) is 0 Å². The van der Waals surface area contributed by atoms with E-state index in [4.69, 9.17) is 0 Å². The lowest BCUT2D eigenvalue weighted by Crippen LogP contribution is -2.45. The Kier molecular flexibility index (Phi) is 2.24. The number of aromatic nitrogens is 2. The SMILES string of the molecule is CCN1C(=O)c2ccccc2[C@@]1(O)c1ncc[nH]1. The first-order valence-electron chi connectivity index (χ1n) is 5.83. The molecule has 0 spiro atoms. The monoisotopic (exact) mass is 243 g/mol. The third-order valence-corrected chi connectivity index (χ3v) is 3.31. The van der Waals surface area contributed by atoms with Gasteiger partial charge in [0, 0.05) is 30.1 Å². The number of carbonyl (C=O) groups is 1. The number of nitrogens with one attached hydrogen (secondary N) is 1. The van der Waals surface area contributed by atoms with Crippen molar-refractivity contribution in [2.24, 2.45) is 0 Å². The molecule has 18 heavy (non-hydrogen) atoms. The van der Waals surface area contributed by atoms with Gasteiger partial charge in [-0.25, -0.2) is 4.98 Å². The van der Waals surface area contributed by atoms with Crippen LogP contribution < -0.4 is 0 Å². The Hall–Kier alpha value is -2.14. The molecule has 0 bridgehead atoms. The predicted octanol–water partition coefficient (Wildman–Crippen LogP) is 1.08. The maximum atomic E-state index is 12.3. The molecule has 1 amide bonds. The van der Waals surface area contributed by atoms with Gasteiger partial charge in [0.1, 0.15) is 0 Å². The number of fused-ring (bicyclic) bond motifs is 1. The van der Waals surface area contributed by atoms with Crippen LogP contribution in [0.3, 0.4) is 0 Å². The summed E-state index contributed by atoms with van der Waals surface area (Å²) in [6, 6.07) is 7.07. The first kappa shape index (κ1) is 11.0. The average molecular weight is 243 g/mol. The Morgan fingerprint density at radius 2 is 2.22 bits per heavy atom. The van der Waals surface area contributed by atoms with Crippen molar-refractivity contribution in [3.8, 4) is 0 Å². The zero-order chi connectivity index (χ0) is 12.8. The van der Waals surface area contributed by atoms with E-state index in [2.05, 4.69) is 9.97 Å². The third-order valence-electron chi connectivity index (χ3n) is 3.31. The van der Waals surface area contributed by atoms with Crippen LogP contribution in [0.25, 0.3) is 0 Å². The van der Waals surface area contributed by atoms with Gasteiger partial charge in [-0.05, 0) is 13.0 Å². The fourth-order valence-corrected chi connectivity index (χ4v) is 2.50. The van der Waals surface area contributed by atoms with Crippen molar-refractivity contribution in [2.75, 3.05) is 6.54 Å². The molecule has 0 radical (unpaired) electrons. The quantitative estimate of drug-likeness (QED) is 0.829. The van der Waals surface area contributed by atoms with Crippen LogP contribution in [0.15, 0.2) is 36.7 Å². The van der Waals surface area contributed by atoms with Gasteiger partial charge >= 0.3 is 0 Å². The standard InChI is InChI=1S/C13H13N3O2/c1-2-16-11(17)9-5-3-4-6-10(9)13(16,18)12-14-7-8-15-12/h3-8,18H,2H2,1H3,(H,14,15)/t13-/m1/s1. The first-order valence-corrected chi connectivity index (χ1v) is 5.83. The summed E-state index contributed by atoms with van der Waals surface area (Å²) in [6.45, 7) is 2.24. The molecule has 5 heteroatoms. The summed E-state index contributed by atoms with van der Waals surface area (Å²) in [6.07, 6.45) is 3.19. The minimum Gasteiger partial charge on any atom is -0.361 e. The smallest absolute Gasteiger partial charge is 0.257 e. The van der Waals surface area contributed by atoms with Crippen LogP contribution in [0.1, 0.15) is 28.7 Å². The van der Waals surface area contributed by atoms with Gasteiger partial charge < -0.3 is 15.0 Å². The van der Waals surface area contributed by atoms with Crippen LogP contribution in [0.2, 0.25) is 0 Å². The van der Waals surface area contributed by atoms with Crippen molar-refractivity contribution >= 4 is 5.91 Å². The van der Waals surface area contributed by atoms with Gasteiger partial charge in [0.05, 0.1) is 0 Å². The largest absolute Gasteiger partial charge is 0.361 e. The molecule has 2 N–H and O–H groups in total. The van der Waals surface area contributed by atoms with Crippen LogP contribution in [0.4, 0.5) is 0 Å². The lowest BCUT2D eigenvalue weighted by Gasteiger charge is -2.31. The van der Waals surface area contributed by atoms with E-state index in [1.54, 1.807) is 36.7 Å². The van der Waals surface area contributed by atoms with Crippen molar-refractivity contribution < 1.29 is 9.90 Å². The molecular formula is C13H13N3O2. The summed E-state index contributed by atoms with van der Waals surface area (Å²) in [5.41, 5.74) is -0.392. The minimum absolute atomic E-state index is 0.174. The number of carbonyl (C=O) groups excluding carboxylic acids is 1. The molecule has 0 aliphatic carbocycles. The van der Waals surface area contributed by atoms with E-state index in [1.165, 1.54) is 4.90 Å². The van der Waals surface area contributed by atoms with Crippen LogP contribution >= 0.6 is 0 Å². The Labute approximate surface area is 104 Å². The Morgan fingerprint density at radius 3 is 2.89 bits per heavy atom. The average Bonchev–Trinajstić information content (AvgIpc) is 2.99. The summed E-state index contributed by atoms with van der Waals surface area (Å²) in [5.74, 6) is 0.189. The number of imidazole rings is 1. The van der Waals surface area contributed by atoms with E-state index in [-0.39, 0.29) is 5.91 Å². The molecule has 1 aromatic heterocycles. The highest BCUT2D eigenvalue weighted by atomic mass is 16.3. The number of rotatable bonds is 2. The fourth-order valence-electron chi connectivity index (χ4n) is 2.50. The lowest BCUT2D eigenvalue weighted by molar-refractivity contribution is -0.0534. The van der Waals surface area contributed by atoms with E-state index in [9.17, 15) is 9.90 Å². The minimum atomic E-state index is -1.49. The van der Waals surface area contributed by atoms with Crippen molar-refractivity contribution in [2.45, 2.75) is 12.6 Å². The fraction of sp³-hybridized carbons (Fsp3) is 0.231. The van der Waals surface area contributed by atoms with Gasteiger partial charge in [0.15, 0.2) is 5.82 Å². The Morgan fingerprint density at radius 1 is 1.44 bits per heavy atom. The number of nitrogens with zero attached hydrogens (tertiary/aromatic N) is 2. The van der Waals surface area contributed by atoms with E-state index < -0.39 is 5.72 Å². The highest BCUT2D eigenvalue weighted by Crippen LogP contribution is 2.40. The topological polar surface area (TPSA) is 69.2 Å². The second-order valence-electron chi connectivity index (χ2n) is 4.20. The van der Waals surface area contributed by atoms with Crippen LogP contribution in [-0.2, 0) is 5.72 Å². The van der Waals surface area contributed by atoms with Gasteiger partial charge in [0.2, 0.25) is 5.72 Å². The van der Waals surface area contributed by atoms with Crippen molar-refractivity contribution in [3.63, 3.8) is 0 Å². The highest BCUT2D eigenvalue weighted by molar-refractivity contribution is 6.00. The molecule has 0 saturated heterocycles. The van der Waals surface area contributed by atoms with Gasteiger partial charge in [-0.2, -0.15) is 0 Å². The third kappa shape index (κ3) is 1.19. The molecule has 1 atom stereocenters. The summed E-state index contributed by atoms with van der Waals surface area (Å²) in [7, 11) is 0. The number of aromatic amines is 1. The molecule has 1 aromatic carbocycles. The van der Waals surface area contributed by atoms with Crippen LogP contribution in [-0.4, -0.2) is 32.4 Å². The predicted molar refractivity (Wildman–Crippen MR) is 64.7 cm³/mol. The molecule has 0 unspecified atom stereocenters. The van der Waals surface area contributed by atoms with Crippen molar-refractivity contribution in [1.29, 1.82) is 0 Å². The van der Waals surface area contributed by atoms with Gasteiger partial charge in [-0.1, -0.05) is 18.2 Å². The lowest BCUT2D eigenvalue weighted by atomic mass is 10.0. The van der Waals surface area contributed by atoms with Gasteiger partial charge in [0.25, 0.3) is 5.91 Å². The normalized spacial score (nSPS) is 22.3.